The molecule has 0 aliphatic rings. The average Bonchev–Trinajstić information content (AvgIpc) is 2.75. The Labute approximate surface area is 110 Å². The largest absolute Gasteiger partial charge is 0.275 e. The summed E-state index contributed by atoms with van der Waals surface area (Å²) in [7, 11) is 1.89. The van der Waals surface area contributed by atoms with Crippen LogP contribution in [0.2, 0.25) is 5.02 Å². The van der Waals surface area contributed by atoms with Gasteiger partial charge in [-0.1, -0.05) is 11.6 Å². The lowest BCUT2D eigenvalue weighted by Gasteiger charge is -2.04. The van der Waals surface area contributed by atoms with Gasteiger partial charge in [0.2, 0.25) is 0 Å². The number of pyridine rings is 1. The zero-order valence-corrected chi connectivity index (χ0v) is 10.9. The smallest absolute Gasteiger partial charge is 0.0739 e. The highest BCUT2D eigenvalue weighted by atomic mass is 35.5. The van der Waals surface area contributed by atoms with Crippen LogP contribution in [-0.4, -0.2) is 14.8 Å². The number of nitrogens with zero attached hydrogens (tertiary/aromatic N) is 3. The van der Waals surface area contributed by atoms with Crippen LogP contribution in [0.3, 0.4) is 0 Å². The summed E-state index contributed by atoms with van der Waals surface area (Å²) in [4.78, 5) is 4.48. The van der Waals surface area contributed by atoms with Crippen molar-refractivity contribution >= 4 is 22.4 Å². The number of rotatable bonds is 1. The number of benzene rings is 1. The van der Waals surface area contributed by atoms with Gasteiger partial charge in [0.05, 0.1) is 11.9 Å². The van der Waals surface area contributed by atoms with E-state index >= 15 is 0 Å². The van der Waals surface area contributed by atoms with Crippen molar-refractivity contribution in [1.82, 2.24) is 14.8 Å². The molecule has 90 valence electrons. The van der Waals surface area contributed by atoms with Crippen LogP contribution >= 0.6 is 11.6 Å². The highest BCUT2D eigenvalue weighted by Crippen LogP contribution is 2.26. The fourth-order valence-corrected chi connectivity index (χ4v) is 2.39. The van der Waals surface area contributed by atoms with Crippen molar-refractivity contribution in [2.24, 2.45) is 7.05 Å². The molecule has 3 rings (SSSR count). The fourth-order valence-electron chi connectivity index (χ4n) is 2.11. The van der Waals surface area contributed by atoms with Crippen molar-refractivity contribution in [3.63, 3.8) is 0 Å². The Bertz CT molecular complexity index is 731. The molecule has 0 atom stereocenters. The van der Waals surface area contributed by atoms with E-state index < -0.39 is 0 Å². The zero-order valence-electron chi connectivity index (χ0n) is 10.2. The molecule has 0 fully saturated rings. The topological polar surface area (TPSA) is 30.7 Å². The molecular weight excluding hydrogens is 246 g/mol. The molecule has 0 aliphatic heterocycles. The summed E-state index contributed by atoms with van der Waals surface area (Å²) < 4.78 is 1.77. The van der Waals surface area contributed by atoms with E-state index in [9.17, 15) is 0 Å². The summed E-state index contributed by atoms with van der Waals surface area (Å²) in [6, 6.07) is 5.96. The van der Waals surface area contributed by atoms with Crippen molar-refractivity contribution in [1.29, 1.82) is 0 Å². The monoisotopic (exact) mass is 257 g/mol. The molecule has 3 aromatic rings. The molecule has 1 aromatic carbocycles. The molecule has 3 nitrogen and oxygen atoms in total. The van der Waals surface area contributed by atoms with E-state index in [1.807, 2.05) is 50.8 Å². The van der Waals surface area contributed by atoms with Gasteiger partial charge in [-0.05, 0) is 36.1 Å². The summed E-state index contributed by atoms with van der Waals surface area (Å²) in [6.07, 6.45) is 5.65. The molecule has 2 heterocycles. The maximum Gasteiger partial charge on any atom is 0.0739 e. The Balaban J connectivity index is 2.22. The SMILES string of the molecule is Cc1cc(Cl)cc2cc(-c3cnn(C)c3)ncc12. The van der Waals surface area contributed by atoms with Gasteiger partial charge in [0, 0.05) is 35.4 Å². The lowest BCUT2D eigenvalue weighted by molar-refractivity contribution is 0.768. The van der Waals surface area contributed by atoms with Gasteiger partial charge < -0.3 is 0 Å². The van der Waals surface area contributed by atoms with E-state index in [1.165, 1.54) is 0 Å². The first kappa shape index (κ1) is 11.2. The average molecular weight is 258 g/mol. The highest BCUT2D eigenvalue weighted by molar-refractivity contribution is 6.31. The van der Waals surface area contributed by atoms with E-state index in [0.29, 0.717) is 0 Å². The van der Waals surface area contributed by atoms with Gasteiger partial charge in [-0.2, -0.15) is 5.10 Å². The lowest BCUT2D eigenvalue weighted by Crippen LogP contribution is -1.86. The van der Waals surface area contributed by atoms with Crippen LogP contribution in [0, 0.1) is 6.92 Å². The standard InChI is InChI=1S/C14H12ClN3/c1-9-3-12(15)4-10-5-14(16-7-13(9)10)11-6-17-18(2)8-11/h3-8H,1-2H3. The van der Waals surface area contributed by atoms with Gasteiger partial charge in [0.25, 0.3) is 0 Å². The summed E-state index contributed by atoms with van der Waals surface area (Å²) in [5.74, 6) is 0. The minimum absolute atomic E-state index is 0.753. The molecule has 0 radical (unpaired) electrons. The van der Waals surface area contributed by atoms with Crippen LogP contribution in [0.15, 0.2) is 36.8 Å². The normalized spacial score (nSPS) is 11.1. The molecule has 4 heteroatoms. The van der Waals surface area contributed by atoms with Gasteiger partial charge >= 0.3 is 0 Å². The minimum atomic E-state index is 0.753. The second-order valence-corrected chi connectivity index (χ2v) is 4.85. The van der Waals surface area contributed by atoms with Crippen molar-refractivity contribution < 1.29 is 0 Å². The fraction of sp³-hybridized carbons (Fsp3) is 0.143. The van der Waals surface area contributed by atoms with Crippen molar-refractivity contribution in [2.75, 3.05) is 0 Å². The van der Waals surface area contributed by atoms with E-state index in [0.717, 1.165) is 32.6 Å². The Kier molecular flexibility index (Phi) is 2.56. The number of hydrogen-bond donors (Lipinski definition) is 0. The van der Waals surface area contributed by atoms with Gasteiger partial charge in [-0.15, -0.1) is 0 Å². The number of aryl methyl sites for hydroxylation is 2. The molecule has 0 saturated carbocycles. The van der Waals surface area contributed by atoms with Crippen molar-refractivity contribution in [2.45, 2.75) is 6.92 Å². The summed E-state index contributed by atoms with van der Waals surface area (Å²) in [5.41, 5.74) is 3.07. The van der Waals surface area contributed by atoms with Crippen LogP contribution in [0.25, 0.3) is 22.0 Å². The maximum absolute atomic E-state index is 6.09. The quantitative estimate of drug-likeness (QED) is 0.667. The van der Waals surface area contributed by atoms with E-state index in [-0.39, 0.29) is 0 Å². The van der Waals surface area contributed by atoms with Gasteiger partial charge in [-0.3, -0.25) is 9.67 Å². The van der Waals surface area contributed by atoms with Crippen LogP contribution in [0.5, 0.6) is 0 Å². The Morgan fingerprint density at radius 1 is 1.17 bits per heavy atom. The highest BCUT2D eigenvalue weighted by Gasteiger charge is 2.05. The first-order valence-electron chi connectivity index (χ1n) is 5.68. The second-order valence-electron chi connectivity index (χ2n) is 4.42. The second kappa shape index (κ2) is 4.10. The van der Waals surface area contributed by atoms with Crippen LogP contribution in [0.4, 0.5) is 0 Å². The Morgan fingerprint density at radius 3 is 2.72 bits per heavy atom. The molecule has 0 spiro atoms. The van der Waals surface area contributed by atoms with Crippen LogP contribution < -0.4 is 0 Å². The summed E-state index contributed by atoms with van der Waals surface area (Å²) in [6.45, 7) is 2.04. The maximum atomic E-state index is 6.09. The van der Waals surface area contributed by atoms with Crippen LogP contribution in [-0.2, 0) is 7.05 Å². The number of hydrogen-bond acceptors (Lipinski definition) is 2. The Morgan fingerprint density at radius 2 is 2.00 bits per heavy atom. The summed E-state index contributed by atoms with van der Waals surface area (Å²) in [5, 5.41) is 7.15. The van der Waals surface area contributed by atoms with Crippen molar-refractivity contribution in [3.8, 4) is 11.3 Å². The number of fused-ring (bicyclic) bond motifs is 1. The van der Waals surface area contributed by atoms with Gasteiger partial charge in [0.1, 0.15) is 0 Å². The van der Waals surface area contributed by atoms with E-state index in [4.69, 9.17) is 11.6 Å². The molecular formula is C14H12ClN3. The minimum Gasteiger partial charge on any atom is -0.275 e. The lowest BCUT2D eigenvalue weighted by atomic mass is 10.1. The van der Waals surface area contributed by atoms with Gasteiger partial charge in [0.15, 0.2) is 0 Å². The van der Waals surface area contributed by atoms with Crippen molar-refractivity contribution in [3.05, 3.63) is 47.4 Å². The predicted molar refractivity (Wildman–Crippen MR) is 73.7 cm³/mol. The molecule has 2 aromatic heterocycles. The number of halogens is 1. The molecule has 0 unspecified atom stereocenters. The third-order valence-corrected chi connectivity index (χ3v) is 3.23. The molecule has 0 aliphatic carbocycles. The third-order valence-electron chi connectivity index (χ3n) is 3.01. The number of aromatic nitrogens is 3. The van der Waals surface area contributed by atoms with Gasteiger partial charge in [-0.25, -0.2) is 0 Å². The first-order valence-corrected chi connectivity index (χ1v) is 6.06. The molecule has 0 bridgehead atoms. The predicted octanol–water partition coefficient (Wildman–Crippen LogP) is 3.60. The zero-order chi connectivity index (χ0) is 12.7. The molecule has 0 saturated heterocycles. The third kappa shape index (κ3) is 1.87. The molecule has 18 heavy (non-hydrogen) atoms. The molecule has 0 amide bonds. The first-order chi connectivity index (χ1) is 8.63. The van der Waals surface area contributed by atoms with E-state index in [1.54, 1.807) is 4.68 Å². The van der Waals surface area contributed by atoms with E-state index in [2.05, 4.69) is 10.1 Å². The Hall–Kier alpha value is -1.87. The van der Waals surface area contributed by atoms with Crippen LogP contribution in [0.1, 0.15) is 5.56 Å². The summed E-state index contributed by atoms with van der Waals surface area (Å²) >= 11 is 6.09. The molecule has 0 N–H and O–H groups in total.